The van der Waals surface area contributed by atoms with Crippen LogP contribution >= 0.6 is 0 Å². The van der Waals surface area contributed by atoms with Gasteiger partial charge in [-0.05, 0) is 93.0 Å². The molecular weight excluding hydrogens is 560 g/mol. The highest BCUT2D eigenvalue weighted by molar-refractivity contribution is 6.14. The van der Waals surface area contributed by atoms with E-state index in [-0.39, 0.29) is 0 Å². The first kappa shape index (κ1) is 26.2. The van der Waals surface area contributed by atoms with Crippen molar-refractivity contribution in [3.05, 3.63) is 170 Å². The van der Waals surface area contributed by atoms with Gasteiger partial charge in [0, 0.05) is 34.0 Å². The van der Waals surface area contributed by atoms with E-state index < -0.39 is 0 Å². The first-order valence-electron chi connectivity index (χ1n) is 15.5. The van der Waals surface area contributed by atoms with Crippen molar-refractivity contribution < 1.29 is 4.42 Å². The summed E-state index contributed by atoms with van der Waals surface area (Å²) in [6.45, 7) is 0. The monoisotopic (exact) mass is 588 g/mol. The lowest BCUT2D eigenvalue weighted by Crippen LogP contribution is -2.09. The molecule has 0 amide bonds. The van der Waals surface area contributed by atoms with Crippen molar-refractivity contribution in [1.82, 2.24) is 4.98 Å². The number of furan rings is 1. The molecule has 3 nitrogen and oxygen atoms in total. The first-order chi connectivity index (χ1) is 22.8. The molecule has 3 heteroatoms. The molecule has 0 spiro atoms. The van der Waals surface area contributed by atoms with E-state index in [1.807, 2.05) is 18.3 Å². The Balaban J connectivity index is 1.20. The molecule has 0 saturated heterocycles. The number of rotatable bonds is 5. The molecule has 0 aliphatic heterocycles. The lowest BCUT2D eigenvalue weighted by atomic mass is 9.98. The summed E-state index contributed by atoms with van der Waals surface area (Å²) < 4.78 is 6.40. The summed E-state index contributed by atoms with van der Waals surface area (Å²) in [7, 11) is 0. The van der Waals surface area contributed by atoms with Crippen molar-refractivity contribution in [3.8, 4) is 22.3 Å². The van der Waals surface area contributed by atoms with Crippen molar-refractivity contribution in [1.29, 1.82) is 0 Å². The van der Waals surface area contributed by atoms with Crippen LogP contribution in [-0.2, 0) is 0 Å². The maximum atomic E-state index is 6.40. The minimum atomic E-state index is 0.799. The SMILES string of the molecule is c1ccc(-c2ccc(N(c3ccc(-c4cccc5ccccc45)cc3)c3ccc4ccc5c6ncccc6oc5c4c3)cc2)cc1. The summed E-state index contributed by atoms with van der Waals surface area (Å²) in [4.78, 5) is 6.93. The summed E-state index contributed by atoms with van der Waals surface area (Å²) in [6.07, 6.45) is 1.82. The molecule has 7 aromatic carbocycles. The number of fused-ring (bicyclic) bond motifs is 6. The molecule has 0 fully saturated rings. The van der Waals surface area contributed by atoms with Crippen LogP contribution in [0.5, 0.6) is 0 Å². The van der Waals surface area contributed by atoms with Crippen molar-refractivity contribution in [2.24, 2.45) is 0 Å². The van der Waals surface area contributed by atoms with Gasteiger partial charge in [0.1, 0.15) is 11.1 Å². The molecule has 0 bridgehead atoms. The number of anilines is 3. The average molecular weight is 589 g/mol. The van der Waals surface area contributed by atoms with Crippen LogP contribution in [0.15, 0.2) is 174 Å². The quantitative estimate of drug-likeness (QED) is 0.200. The molecule has 0 atom stereocenters. The Morgan fingerprint density at radius 3 is 1.91 bits per heavy atom. The molecule has 9 aromatic rings. The van der Waals surface area contributed by atoms with E-state index in [4.69, 9.17) is 4.42 Å². The van der Waals surface area contributed by atoms with Gasteiger partial charge in [0.2, 0.25) is 0 Å². The largest absolute Gasteiger partial charge is 0.454 e. The van der Waals surface area contributed by atoms with Crippen LogP contribution in [0.1, 0.15) is 0 Å². The fourth-order valence-corrected chi connectivity index (χ4v) is 6.65. The molecule has 0 aliphatic rings. The maximum absolute atomic E-state index is 6.40. The van der Waals surface area contributed by atoms with Gasteiger partial charge in [-0.1, -0.05) is 109 Å². The third kappa shape index (κ3) is 4.41. The van der Waals surface area contributed by atoms with Crippen LogP contribution in [0.3, 0.4) is 0 Å². The van der Waals surface area contributed by atoms with Gasteiger partial charge in [0.15, 0.2) is 5.58 Å². The van der Waals surface area contributed by atoms with Crippen LogP contribution in [0.2, 0.25) is 0 Å². The zero-order valence-electron chi connectivity index (χ0n) is 25.0. The molecule has 0 saturated carbocycles. The van der Waals surface area contributed by atoms with Crippen LogP contribution in [0, 0.1) is 0 Å². The lowest BCUT2D eigenvalue weighted by Gasteiger charge is -2.26. The Morgan fingerprint density at radius 2 is 1.09 bits per heavy atom. The predicted octanol–water partition coefficient (Wildman–Crippen LogP) is 12.1. The normalized spacial score (nSPS) is 11.5. The van der Waals surface area contributed by atoms with E-state index in [0.29, 0.717) is 0 Å². The molecule has 0 N–H and O–H groups in total. The second-order valence-electron chi connectivity index (χ2n) is 11.6. The Bertz CT molecular complexity index is 2510. The fraction of sp³-hybridized carbons (Fsp3) is 0. The van der Waals surface area contributed by atoms with Crippen molar-refractivity contribution in [2.45, 2.75) is 0 Å². The molecule has 0 aliphatic carbocycles. The number of aromatic nitrogens is 1. The Hall–Kier alpha value is -6.19. The van der Waals surface area contributed by atoms with E-state index in [1.54, 1.807) is 0 Å². The second kappa shape index (κ2) is 10.8. The smallest absolute Gasteiger partial charge is 0.153 e. The molecule has 0 radical (unpaired) electrons. The van der Waals surface area contributed by atoms with E-state index >= 15 is 0 Å². The summed E-state index contributed by atoms with van der Waals surface area (Å²) in [5.41, 5.74) is 10.6. The van der Waals surface area contributed by atoms with Crippen molar-refractivity contribution >= 4 is 60.7 Å². The highest BCUT2D eigenvalue weighted by atomic mass is 16.3. The van der Waals surface area contributed by atoms with E-state index in [0.717, 1.165) is 49.9 Å². The Morgan fingerprint density at radius 1 is 0.435 bits per heavy atom. The van der Waals surface area contributed by atoms with E-state index in [9.17, 15) is 0 Å². The molecule has 0 unspecified atom stereocenters. The van der Waals surface area contributed by atoms with Crippen LogP contribution in [0.25, 0.3) is 65.9 Å². The first-order valence-corrected chi connectivity index (χ1v) is 15.5. The topological polar surface area (TPSA) is 29.3 Å². The summed E-state index contributed by atoms with van der Waals surface area (Å²) >= 11 is 0. The van der Waals surface area contributed by atoms with Gasteiger partial charge < -0.3 is 9.32 Å². The van der Waals surface area contributed by atoms with Crippen LogP contribution in [-0.4, -0.2) is 4.98 Å². The van der Waals surface area contributed by atoms with Gasteiger partial charge in [-0.25, -0.2) is 0 Å². The average Bonchev–Trinajstić information content (AvgIpc) is 3.52. The molecule has 2 aromatic heterocycles. The number of hydrogen-bond acceptors (Lipinski definition) is 3. The predicted molar refractivity (Wildman–Crippen MR) is 192 cm³/mol. The number of nitrogens with zero attached hydrogens (tertiary/aromatic N) is 2. The molecule has 9 rings (SSSR count). The van der Waals surface area contributed by atoms with Gasteiger partial charge in [0.25, 0.3) is 0 Å². The highest BCUT2D eigenvalue weighted by Crippen LogP contribution is 2.41. The van der Waals surface area contributed by atoms with Crippen LogP contribution in [0.4, 0.5) is 17.1 Å². The van der Waals surface area contributed by atoms with Crippen molar-refractivity contribution in [3.63, 3.8) is 0 Å². The summed E-state index contributed by atoms with van der Waals surface area (Å²) in [6, 6.07) is 58.1. The minimum Gasteiger partial charge on any atom is -0.454 e. The minimum absolute atomic E-state index is 0.799. The zero-order chi connectivity index (χ0) is 30.5. The van der Waals surface area contributed by atoms with Gasteiger partial charge in [-0.2, -0.15) is 0 Å². The summed E-state index contributed by atoms with van der Waals surface area (Å²) in [5, 5.41) is 5.71. The third-order valence-electron chi connectivity index (χ3n) is 8.91. The highest BCUT2D eigenvalue weighted by Gasteiger charge is 2.17. The van der Waals surface area contributed by atoms with Gasteiger partial charge in [0.05, 0.1) is 0 Å². The van der Waals surface area contributed by atoms with Gasteiger partial charge in [-0.3, -0.25) is 4.98 Å². The number of pyridine rings is 1. The lowest BCUT2D eigenvalue weighted by molar-refractivity contribution is 0.672. The third-order valence-corrected chi connectivity index (χ3v) is 8.91. The zero-order valence-corrected chi connectivity index (χ0v) is 25.0. The van der Waals surface area contributed by atoms with E-state index in [2.05, 4.69) is 162 Å². The van der Waals surface area contributed by atoms with Crippen molar-refractivity contribution in [2.75, 3.05) is 4.90 Å². The van der Waals surface area contributed by atoms with Crippen LogP contribution < -0.4 is 4.90 Å². The number of hydrogen-bond donors (Lipinski definition) is 0. The molecule has 46 heavy (non-hydrogen) atoms. The number of benzene rings is 7. The fourth-order valence-electron chi connectivity index (χ4n) is 6.65. The molecular formula is C43H28N2O. The van der Waals surface area contributed by atoms with Gasteiger partial charge >= 0.3 is 0 Å². The standard InChI is InChI=1S/C43H28N2O/c1-2-8-29(9-3-1)30-15-21-34(22-16-30)45(35-23-17-32(18-24-35)38-13-6-11-31-10-4-5-12-37(31)38)36-25-19-33-20-26-39-42-41(14-7-27-44-42)46-43(39)40(33)28-36/h1-28H. The maximum Gasteiger partial charge on any atom is 0.153 e. The Kier molecular flexibility index (Phi) is 6.14. The van der Waals surface area contributed by atoms with E-state index in [1.165, 1.54) is 33.0 Å². The molecule has 2 heterocycles. The second-order valence-corrected chi connectivity index (χ2v) is 11.6. The Labute approximate surface area is 266 Å². The van der Waals surface area contributed by atoms with Gasteiger partial charge in [-0.15, -0.1) is 0 Å². The molecule has 216 valence electrons. The summed E-state index contributed by atoms with van der Waals surface area (Å²) in [5.74, 6) is 0.